The van der Waals surface area contributed by atoms with E-state index in [9.17, 15) is 4.79 Å². The Labute approximate surface area is 116 Å². The number of rotatable bonds is 4. The number of hydrogen-bond acceptors (Lipinski definition) is 3. The maximum absolute atomic E-state index is 11.9. The van der Waals surface area contributed by atoms with Crippen LogP contribution in [0.15, 0.2) is 65.1 Å². The van der Waals surface area contributed by atoms with Crippen molar-refractivity contribution in [1.82, 2.24) is 0 Å². The van der Waals surface area contributed by atoms with Crippen molar-refractivity contribution in [2.24, 2.45) is 0 Å². The molecule has 100 valence electrons. The molecule has 0 aliphatic carbocycles. The largest absolute Gasteiger partial charge is 0.459 e. The van der Waals surface area contributed by atoms with Gasteiger partial charge in [0.25, 0.3) is 0 Å². The smallest absolute Gasteiger partial charge is 0.374 e. The van der Waals surface area contributed by atoms with Crippen LogP contribution in [0.1, 0.15) is 16.1 Å². The molecule has 0 saturated heterocycles. The molecule has 0 amide bonds. The second-order valence-corrected chi connectivity index (χ2v) is 4.52. The van der Waals surface area contributed by atoms with Crippen molar-refractivity contribution >= 4 is 16.9 Å². The van der Waals surface area contributed by atoms with Crippen molar-refractivity contribution in [3.63, 3.8) is 0 Å². The molecule has 1 aromatic heterocycles. The average Bonchev–Trinajstić information content (AvgIpc) is 2.92. The molecule has 0 aliphatic rings. The van der Waals surface area contributed by atoms with Gasteiger partial charge in [0, 0.05) is 11.8 Å². The zero-order valence-corrected chi connectivity index (χ0v) is 10.9. The molecule has 1 heterocycles. The Hall–Kier alpha value is -2.55. The van der Waals surface area contributed by atoms with Gasteiger partial charge in [-0.2, -0.15) is 0 Å². The molecule has 0 unspecified atom stereocenters. The number of hydrogen-bond donors (Lipinski definition) is 0. The molecule has 0 bridgehead atoms. The number of para-hydroxylation sites is 1. The fourth-order valence-electron chi connectivity index (χ4n) is 2.06. The monoisotopic (exact) mass is 266 g/mol. The number of benzene rings is 2. The van der Waals surface area contributed by atoms with Gasteiger partial charge in [-0.15, -0.1) is 0 Å². The van der Waals surface area contributed by atoms with Crippen LogP contribution in [0, 0.1) is 0 Å². The third kappa shape index (κ3) is 2.72. The molecule has 0 aliphatic heterocycles. The number of ether oxygens (including phenoxy) is 1. The molecular weight excluding hydrogens is 252 g/mol. The summed E-state index contributed by atoms with van der Waals surface area (Å²) in [6.07, 6.45) is 0.701. The van der Waals surface area contributed by atoms with Crippen LogP contribution in [0.25, 0.3) is 11.0 Å². The lowest BCUT2D eigenvalue weighted by Gasteiger charge is -2.02. The first kappa shape index (κ1) is 12.5. The van der Waals surface area contributed by atoms with Gasteiger partial charge in [0.05, 0.1) is 6.61 Å². The Kier molecular flexibility index (Phi) is 3.50. The van der Waals surface area contributed by atoms with E-state index in [2.05, 4.69) is 0 Å². The van der Waals surface area contributed by atoms with E-state index in [1.165, 1.54) is 0 Å². The Balaban J connectivity index is 1.61. The molecule has 0 fully saturated rings. The van der Waals surface area contributed by atoms with Crippen LogP contribution in [0.3, 0.4) is 0 Å². The summed E-state index contributed by atoms with van der Waals surface area (Å²) in [6.45, 7) is 0.347. The van der Waals surface area contributed by atoms with Crippen LogP contribution in [0.4, 0.5) is 0 Å². The minimum Gasteiger partial charge on any atom is -0.459 e. The first-order valence-corrected chi connectivity index (χ1v) is 6.52. The minimum absolute atomic E-state index is 0.249. The van der Waals surface area contributed by atoms with Crippen molar-refractivity contribution in [3.8, 4) is 0 Å². The summed E-state index contributed by atoms with van der Waals surface area (Å²) < 4.78 is 10.7. The van der Waals surface area contributed by atoms with Crippen LogP contribution >= 0.6 is 0 Å². The van der Waals surface area contributed by atoms with Gasteiger partial charge in [-0.1, -0.05) is 48.5 Å². The van der Waals surface area contributed by atoms with Gasteiger partial charge in [-0.3, -0.25) is 0 Å². The highest BCUT2D eigenvalue weighted by atomic mass is 16.5. The summed E-state index contributed by atoms with van der Waals surface area (Å²) in [5.74, 6) is -0.170. The molecule has 3 rings (SSSR count). The minimum atomic E-state index is -0.419. The normalized spacial score (nSPS) is 10.6. The van der Waals surface area contributed by atoms with E-state index >= 15 is 0 Å². The summed E-state index contributed by atoms with van der Waals surface area (Å²) in [4.78, 5) is 11.9. The van der Waals surface area contributed by atoms with Gasteiger partial charge in [-0.25, -0.2) is 4.79 Å². The predicted molar refractivity (Wildman–Crippen MR) is 76.6 cm³/mol. The number of carbonyl (C=O) groups excluding carboxylic acids is 1. The second kappa shape index (κ2) is 5.61. The molecule has 3 nitrogen and oxygen atoms in total. The number of furan rings is 1. The zero-order valence-electron chi connectivity index (χ0n) is 10.9. The van der Waals surface area contributed by atoms with Gasteiger partial charge in [0.1, 0.15) is 5.58 Å². The second-order valence-electron chi connectivity index (χ2n) is 4.52. The Morgan fingerprint density at radius 3 is 2.55 bits per heavy atom. The summed E-state index contributed by atoms with van der Waals surface area (Å²) in [6, 6.07) is 19.1. The Morgan fingerprint density at radius 2 is 1.75 bits per heavy atom. The van der Waals surface area contributed by atoms with E-state index in [1.54, 1.807) is 6.07 Å². The zero-order chi connectivity index (χ0) is 13.8. The van der Waals surface area contributed by atoms with E-state index in [1.807, 2.05) is 54.6 Å². The number of carbonyl (C=O) groups is 1. The van der Waals surface area contributed by atoms with Gasteiger partial charge in [-0.05, 0) is 17.7 Å². The number of fused-ring (bicyclic) bond motifs is 1. The maximum Gasteiger partial charge on any atom is 0.374 e. The Morgan fingerprint density at radius 1 is 1.00 bits per heavy atom. The average molecular weight is 266 g/mol. The number of esters is 1. The van der Waals surface area contributed by atoms with Gasteiger partial charge in [0.2, 0.25) is 5.76 Å². The quantitative estimate of drug-likeness (QED) is 0.674. The molecule has 3 heteroatoms. The van der Waals surface area contributed by atoms with Crippen LogP contribution in [0.2, 0.25) is 0 Å². The fourth-order valence-corrected chi connectivity index (χ4v) is 2.06. The molecule has 20 heavy (non-hydrogen) atoms. The molecule has 3 aromatic rings. The standard InChI is InChI=1S/C17H14O3/c18-17(19-11-10-13-6-2-1-3-7-13)16-12-14-8-4-5-9-15(14)20-16/h1-9,12H,10-11H2. The topological polar surface area (TPSA) is 39.4 Å². The highest BCUT2D eigenvalue weighted by Crippen LogP contribution is 2.19. The van der Waals surface area contributed by atoms with Crippen LogP contribution in [0.5, 0.6) is 0 Å². The molecular formula is C17H14O3. The molecule has 0 N–H and O–H groups in total. The summed E-state index contributed by atoms with van der Waals surface area (Å²) in [5, 5.41) is 0.905. The van der Waals surface area contributed by atoms with E-state index in [-0.39, 0.29) is 5.76 Å². The third-order valence-corrected chi connectivity index (χ3v) is 3.09. The van der Waals surface area contributed by atoms with Crippen LogP contribution < -0.4 is 0 Å². The highest BCUT2D eigenvalue weighted by molar-refractivity contribution is 5.92. The summed E-state index contributed by atoms with van der Waals surface area (Å²) in [5.41, 5.74) is 1.84. The van der Waals surface area contributed by atoms with Crippen LogP contribution in [-0.4, -0.2) is 12.6 Å². The fraction of sp³-hybridized carbons (Fsp3) is 0.118. The van der Waals surface area contributed by atoms with Gasteiger partial charge >= 0.3 is 5.97 Å². The van der Waals surface area contributed by atoms with Gasteiger partial charge in [0.15, 0.2) is 0 Å². The van der Waals surface area contributed by atoms with Crippen LogP contribution in [-0.2, 0) is 11.2 Å². The Bertz CT molecular complexity index is 680. The first-order valence-electron chi connectivity index (χ1n) is 6.52. The summed E-state index contributed by atoms with van der Waals surface area (Å²) in [7, 11) is 0. The van der Waals surface area contributed by atoms with Crippen molar-refractivity contribution < 1.29 is 13.9 Å². The van der Waals surface area contributed by atoms with E-state index < -0.39 is 5.97 Å². The van der Waals surface area contributed by atoms with Crippen molar-refractivity contribution in [2.75, 3.05) is 6.61 Å². The maximum atomic E-state index is 11.9. The molecule has 0 atom stereocenters. The van der Waals surface area contributed by atoms with E-state index in [0.29, 0.717) is 18.6 Å². The SMILES string of the molecule is O=C(OCCc1ccccc1)c1cc2ccccc2o1. The van der Waals surface area contributed by atoms with Crippen molar-refractivity contribution in [1.29, 1.82) is 0 Å². The molecule has 0 spiro atoms. The van der Waals surface area contributed by atoms with Crippen molar-refractivity contribution in [3.05, 3.63) is 72.0 Å². The third-order valence-electron chi connectivity index (χ3n) is 3.09. The van der Waals surface area contributed by atoms with Gasteiger partial charge < -0.3 is 9.15 Å². The van der Waals surface area contributed by atoms with Crippen molar-refractivity contribution in [2.45, 2.75) is 6.42 Å². The molecule has 0 radical (unpaired) electrons. The highest BCUT2D eigenvalue weighted by Gasteiger charge is 2.13. The summed E-state index contributed by atoms with van der Waals surface area (Å²) >= 11 is 0. The van der Waals surface area contributed by atoms with E-state index in [4.69, 9.17) is 9.15 Å². The predicted octanol–water partition coefficient (Wildman–Crippen LogP) is 3.83. The lowest BCUT2D eigenvalue weighted by Crippen LogP contribution is -2.07. The lowest BCUT2D eigenvalue weighted by atomic mass is 10.2. The van der Waals surface area contributed by atoms with E-state index in [0.717, 1.165) is 10.9 Å². The first-order chi connectivity index (χ1) is 9.83. The molecule has 2 aromatic carbocycles. The lowest BCUT2D eigenvalue weighted by molar-refractivity contribution is 0.0475. The molecule has 0 saturated carbocycles.